The molecule has 6 nitrogen and oxygen atoms in total. The number of hydrogen-bond acceptors (Lipinski definition) is 4. The van der Waals surface area contributed by atoms with Gasteiger partial charge in [-0.2, -0.15) is 0 Å². The van der Waals surface area contributed by atoms with Crippen LogP contribution >= 0.6 is 11.6 Å². The Morgan fingerprint density at radius 1 is 1.04 bits per heavy atom. The Bertz CT molecular complexity index is 585. The fraction of sp³-hybridized carbons (Fsp3) is 0.529. The first-order valence-corrected chi connectivity index (χ1v) is 8.71. The van der Waals surface area contributed by atoms with Gasteiger partial charge in [0.2, 0.25) is 11.8 Å². The van der Waals surface area contributed by atoms with Gasteiger partial charge in [-0.05, 0) is 17.7 Å². The van der Waals surface area contributed by atoms with E-state index in [0.29, 0.717) is 19.6 Å². The SMILES string of the molecule is O=C1CN(C(=O)CN2CCN(Cc3ccc(Cl)cc3)CC2)CCN1. The molecular formula is C17H23ClN4O2. The highest BCUT2D eigenvalue weighted by Crippen LogP contribution is 2.13. The lowest BCUT2D eigenvalue weighted by Gasteiger charge is -2.36. The molecule has 0 atom stereocenters. The summed E-state index contributed by atoms with van der Waals surface area (Å²) >= 11 is 5.91. The monoisotopic (exact) mass is 350 g/mol. The Morgan fingerprint density at radius 3 is 2.38 bits per heavy atom. The van der Waals surface area contributed by atoms with Gasteiger partial charge in [-0.15, -0.1) is 0 Å². The predicted octanol–water partition coefficient (Wildman–Crippen LogP) is 0.416. The first-order valence-electron chi connectivity index (χ1n) is 8.34. The molecule has 3 rings (SSSR count). The van der Waals surface area contributed by atoms with E-state index < -0.39 is 0 Å². The van der Waals surface area contributed by atoms with Crippen molar-refractivity contribution < 1.29 is 9.59 Å². The number of halogens is 1. The van der Waals surface area contributed by atoms with E-state index in [0.717, 1.165) is 37.7 Å². The third-order valence-electron chi connectivity index (χ3n) is 4.53. The highest BCUT2D eigenvalue weighted by atomic mass is 35.5. The number of carbonyl (C=O) groups excluding carboxylic acids is 2. The van der Waals surface area contributed by atoms with Crippen molar-refractivity contribution in [3.8, 4) is 0 Å². The zero-order valence-corrected chi connectivity index (χ0v) is 14.5. The van der Waals surface area contributed by atoms with Crippen molar-refractivity contribution in [1.82, 2.24) is 20.0 Å². The molecule has 0 radical (unpaired) electrons. The lowest BCUT2D eigenvalue weighted by atomic mass is 10.2. The summed E-state index contributed by atoms with van der Waals surface area (Å²) in [5, 5.41) is 3.50. The molecule has 1 aromatic carbocycles. The zero-order valence-electron chi connectivity index (χ0n) is 13.7. The molecule has 2 amide bonds. The van der Waals surface area contributed by atoms with Crippen LogP contribution in [-0.4, -0.2) is 78.9 Å². The van der Waals surface area contributed by atoms with Gasteiger partial charge >= 0.3 is 0 Å². The van der Waals surface area contributed by atoms with Gasteiger partial charge in [-0.25, -0.2) is 0 Å². The molecule has 2 aliphatic rings. The second-order valence-electron chi connectivity index (χ2n) is 6.34. The lowest BCUT2D eigenvalue weighted by molar-refractivity contribution is -0.139. The lowest BCUT2D eigenvalue weighted by Crippen LogP contribution is -2.54. The van der Waals surface area contributed by atoms with Crippen LogP contribution in [0.4, 0.5) is 0 Å². The number of amides is 2. The number of nitrogens with zero attached hydrogens (tertiary/aromatic N) is 3. The highest BCUT2D eigenvalue weighted by molar-refractivity contribution is 6.30. The fourth-order valence-electron chi connectivity index (χ4n) is 3.10. The maximum atomic E-state index is 12.3. The first kappa shape index (κ1) is 17.2. The average Bonchev–Trinajstić information content (AvgIpc) is 2.59. The molecule has 0 aliphatic carbocycles. The van der Waals surface area contributed by atoms with Crippen LogP contribution in [0.15, 0.2) is 24.3 Å². The van der Waals surface area contributed by atoms with Crippen LogP contribution in [0, 0.1) is 0 Å². The third-order valence-corrected chi connectivity index (χ3v) is 4.79. The summed E-state index contributed by atoms with van der Waals surface area (Å²) in [6.45, 7) is 6.30. The molecule has 2 fully saturated rings. The number of hydrogen-bond donors (Lipinski definition) is 1. The van der Waals surface area contributed by atoms with Gasteiger partial charge in [0, 0.05) is 50.8 Å². The van der Waals surface area contributed by atoms with E-state index in [1.54, 1.807) is 4.90 Å². The van der Waals surface area contributed by atoms with Gasteiger partial charge in [0.15, 0.2) is 0 Å². The maximum absolute atomic E-state index is 12.3. The van der Waals surface area contributed by atoms with Crippen molar-refractivity contribution >= 4 is 23.4 Å². The Morgan fingerprint density at radius 2 is 1.71 bits per heavy atom. The molecule has 2 saturated heterocycles. The summed E-state index contributed by atoms with van der Waals surface area (Å²) in [7, 11) is 0. The second-order valence-corrected chi connectivity index (χ2v) is 6.78. The molecule has 0 saturated carbocycles. The summed E-state index contributed by atoms with van der Waals surface area (Å²) in [6, 6.07) is 7.94. The van der Waals surface area contributed by atoms with E-state index in [4.69, 9.17) is 11.6 Å². The molecule has 7 heteroatoms. The van der Waals surface area contributed by atoms with Crippen molar-refractivity contribution in [2.24, 2.45) is 0 Å². The molecule has 0 aromatic heterocycles. The minimum atomic E-state index is -0.0672. The van der Waals surface area contributed by atoms with Crippen LogP contribution in [0.3, 0.4) is 0 Å². The summed E-state index contributed by atoms with van der Waals surface area (Å²) < 4.78 is 0. The van der Waals surface area contributed by atoms with Crippen molar-refractivity contribution in [3.05, 3.63) is 34.9 Å². The van der Waals surface area contributed by atoms with Crippen LogP contribution in [0.2, 0.25) is 5.02 Å². The van der Waals surface area contributed by atoms with Gasteiger partial charge < -0.3 is 10.2 Å². The van der Waals surface area contributed by atoms with Crippen molar-refractivity contribution in [2.75, 3.05) is 52.4 Å². The maximum Gasteiger partial charge on any atom is 0.239 e. The fourth-order valence-corrected chi connectivity index (χ4v) is 3.22. The van der Waals surface area contributed by atoms with Gasteiger partial charge in [0.05, 0.1) is 13.1 Å². The number of nitrogens with one attached hydrogen (secondary N) is 1. The van der Waals surface area contributed by atoms with E-state index in [1.807, 2.05) is 12.1 Å². The molecule has 2 aliphatic heterocycles. The molecule has 130 valence electrons. The van der Waals surface area contributed by atoms with E-state index in [9.17, 15) is 9.59 Å². The summed E-state index contributed by atoms with van der Waals surface area (Å²) in [6.07, 6.45) is 0. The van der Waals surface area contributed by atoms with Crippen LogP contribution in [0.25, 0.3) is 0 Å². The summed E-state index contributed by atoms with van der Waals surface area (Å²) in [5.74, 6) is -0.0154. The molecule has 0 bridgehead atoms. The Labute approximate surface area is 147 Å². The first-order chi connectivity index (χ1) is 11.6. The van der Waals surface area contributed by atoms with Crippen LogP contribution in [-0.2, 0) is 16.1 Å². The van der Waals surface area contributed by atoms with Gasteiger partial charge in [0.25, 0.3) is 0 Å². The normalized spacial score (nSPS) is 20.0. The molecule has 1 N–H and O–H groups in total. The smallest absolute Gasteiger partial charge is 0.239 e. The Hall–Kier alpha value is -1.63. The molecular weight excluding hydrogens is 328 g/mol. The standard InChI is InChI=1S/C17H23ClN4O2/c18-15-3-1-14(2-4-15)11-20-7-9-21(10-8-20)13-17(24)22-6-5-19-16(23)12-22/h1-4H,5-13H2,(H,19,23). The van der Waals surface area contributed by atoms with Gasteiger partial charge in [-0.1, -0.05) is 23.7 Å². The zero-order chi connectivity index (χ0) is 16.9. The van der Waals surface area contributed by atoms with Crippen LogP contribution < -0.4 is 5.32 Å². The number of carbonyl (C=O) groups is 2. The van der Waals surface area contributed by atoms with E-state index >= 15 is 0 Å². The largest absolute Gasteiger partial charge is 0.353 e. The van der Waals surface area contributed by atoms with Crippen molar-refractivity contribution in [3.63, 3.8) is 0 Å². The Balaban J connectivity index is 1.42. The average molecular weight is 351 g/mol. The molecule has 0 unspecified atom stereocenters. The quantitative estimate of drug-likeness (QED) is 0.855. The van der Waals surface area contributed by atoms with Crippen molar-refractivity contribution in [1.29, 1.82) is 0 Å². The van der Waals surface area contributed by atoms with Gasteiger partial charge in [0.1, 0.15) is 0 Å². The predicted molar refractivity (Wildman–Crippen MR) is 92.8 cm³/mol. The summed E-state index contributed by atoms with van der Waals surface area (Å²) in [5.41, 5.74) is 1.25. The number of rotatable bonds is 4. The van der Waals surface area contributed by atoms with Crippen molar-refractivity contribution in [2.45, 2.75) is 6.54 Å². The topological polar surface area (TPSA) is 55.9 Å². The number of piperazine rings is 2. The van der Waals surface area contributed by atoms with Crippen LogP contribution in [0.5, 0.6) is 0 Å². The summed E-state index contributed by atoms with van der Waals surface area (Å²) in [4.78, 5) is 29.9. The minimum Gasteiger partial charge on any atom is -0.353 e. The van der Waals surface area contributed by atoms with Crippen LogP contribution in [0.1, 0.15) is 5.56 Å². The third kappa shape index (κ3) is 4.69. The highest BCUT2D eigenvalue weighted by Gasteiger charge is 2.24. The van der Waals surface area contributed by atoms with Gasteiger partial charge in [-0.3, -0.25) is 19.4 Å². The molecule has 1 aromatic rings. The molecule has 24 heavy (non-hydrogen) atoms. The minimum absolute atomic E-state index is 0.0519. The van der Waals surface area contributed by atoms with E-state index in [-0.39, 0.29) is 18.4 Å². The second kappa shape index (κ2) is 7.96. The van der Waals surface area contributed by atoms with E-state index in [1.165, 1.54) is 5.56 Å². The Kier molecular flexibility index (Phi) is 5.71. The van der Waals surface area contributed by atoms with E-state index in [2.05, 4.69) is 27.2 Å². The molecule has 2 heterocycles. The number of benzene rings is 1. The molecule has 0 spiro atoms.